The van der Waals surface area contributed by atoms with Crippen LogP contribution in [0.3, 0.4) is 0 Å². The van der Waals surface area contributed by atoms with Crippen molar-refractivity contribution in [2.45, 2.75) is 0 Å². The fraction of sp³-hybridized carbons (Fsp3) is 0. The summed E-state index contributed by atoms with van der Waals surface area (Å²) in [5, 5.41) is 15.7. The Morgan fingerprint density at radius 1 is 1.46 bits per heavy atom. The van der Waals surface area contributed by atoms with E-state index in [1.54, 1.807) is 0 Å². The van der Waals surface area contributed by atoms with Crippen LogP contribution >= 0.6 is 0 Å². The average Bonchev–Trinajstić information content (AvgIpc) is 2.47. The number of carbonyl (C=O) groups is 1. The molecular formula is C6H4LiN4O2. The van der Waals surface area contributed by atoms with Crippen molar-refractivity contribution in [1.82, 2.24) is 19.6 Å². The van der Waals surface area contributed by atoms with Crippen LogP contribution in [0.4, 0.5) is 0 Å². The normalized spacial score (nSPS) is 9.54. The summed E-state index contributed by atoms with van der Waals surface area (Å²) in [4.78, 5) is 14.3. The van der Waals surface area contributed by atoms with Gasteiger partial charge in [0.1, 0.15) is 0 Å². The maximum absolute atomic E-state index is 10.5. The van der Waals surface area contributed by atoms with Crippen LogP contribution in [0.15, 0.2) is 18.6 Å². The zero-order valence-corrected chi connectivity index (χ0v) is 6.88. The van der Waals surface area contributed by atoms with Gasteiger partial charge in [0, 0.05) is 31.3 Å². The summed E-state index contributed by atoms with van der Waals surface area (Å²) in [5.74, 6) is -1.21. The van der Waals surface area contributed by atoms with E-state index < -0.39 is 5.97 Å². The molecule has 0 aromatic carbocycles. The fourth-order valence-electron chi connectivity index (χ4n) is 0.899. The van der Waals surface area contributed by atoms with Crippen LogP contribution in [0.1, 0.15) is 10.6 Å². The second-order valence-corrected chi connectivity index (χ2v) is 2.13. The van der Waals surface area contributed by atoms with E-state index in [1.165, 1.54) is 23.0 Å². The maximum atomic E-state index is 10.5. The first kappa shape index (κ1) is 9.70. The predicted molar refractivity (Wildman–Crippen MR) is 43.5 cm³/mol. The summed E-state index contributed by atoms with van der Waals surface area (Å²) in [6.07, 6.45) is 4.42. The molecule has 0 unspecified atom stereocenters. The SMILES string of the molecule is O=C(O)c1nnc2cnccn12.[Li]. The molecule has 0 saturated heterocycles. The minimum Gasteiger partial charge on any atom is -0.475 e. The Kier molecular flexibility index (Phi) is 2.65. The molecule has 0 spiro atoms. The number of hydrogen-bond donors (Lipinski definition) is 1. The summed E-state index contributed by atoms with van der Waals surface area (Å²) in [6, 6.07) is 0. The molecule has 0 fully saturated rings. The molecule has 0 saturated carbocycles. The van der Waals surface area contributed by atoms with Gasteiger partial charge in [-0.25, -0.2) is 4.79 Å². The molecule has 1 radical (unpaired) electrons. The summed E-state index contributed by atoms with van der Waals surface area (Å²) in [6.45, 7) is 0. The molecule has 0 aliphatic rings. The summed E-state index contributed by atoms with van der Waals surface area (Å²) in [5.41, 5.74) is 0.426. The van der Waals surface area contributed by atoms with E-state index in [0.717, 1.165) is 0 Å². The van der Waals surface area contributed by atoms with Crippen molar-refractivity contribution in [1.29, 1.82) is 0 Å². The van der Waals surface area contributed by atoms with Crippen LogP contribution in [0.2, 0.25) is 0 Å². The number of nitrogens with zero attached hydrogens (tertiary/aromatic N) is 4. The molecule has 13 heavy (non-hydrogen) atoms. The third-order valence-electron chi connectivity index (χ3n) is 1.41. The van der Waals surface area contributed by atoms with Crippen LogP contribution in [-0.4, -0.2) is 49.5 Å². The largest absolute Gasteiger partial charge is 0.475 e. The second-order valence-electron chi connectivity index (χ2n) is 2.13. The van der Waals surface area contributed by atoms with Gasteiger partial charge in [0.25, 0.3) is 0 Å². The van der Waals surface area contributed by atoms with Crippen molar-refractivity contribution in [3.05, 3.63) is 24.4 Å². The molecule has 6 nitrogen and oxygen atoms in total. The number of carboxylic acid groups (broad SMARTS) is 1. The van der Waals surface area contributed by atoms with Gasteiger partial charge in [-0.05, 0) is 0 Å². The molecule has 0 bridgehead atoms. The van der Waals surface area contributed by atoms with Gasteiger partial charge in [0.2, 0.25) is 5.82 Å². The molecule has 0 atom stereocenters. The molecule has 0 aliphatic heterocycles. The van der Waals surface area contributed by atoms with Gasteiger partial charge < -0.3 is 5.11 Å². The Morgan fingerprint density at radius 2 is 2.23 bits per heavy atom. The third kappa shape index (κ3) is 1.54. The Bertz CT molecular complexity index is 441. The first-order chi connectivity index (χ1) is 5.79. The molecular weight excluding hydrogens is 167 g/mol. The van der Waals surface area contributed by atoms with Crippen molar-refractivity contribution in [3.63, 3.8) is 0 Å². The number of aromatic carboxylic acids is 1. The number of hydrogen-bond acceptors (Lipinski definition) is 4. The third-order valence-corrected chi connectivity index (χ3v) is 1.41. The summed E-state index contributed by atoms with van der Waals surface area (Å²) < 4.78 is 1.36. The van der Waals surface area contributed by atoms with Gasteiger partial charge in [0.05, 0.1) is 6.20 Å². The summed E-state index contributed by atoms with van der Waals surface area (Å²) >= 11 is 0. The van der Waals surface area contributed by atoms with Crippen LogP contribution in [-0.2, 0) is 0 Å². The molecule has 7 heteroatoms. The smallest absolute Gasteiger partial charge is 0.374 e. The predicted octanol–water partition coefficient (Wildman–Crippen LogP) is -0.558. The average molecular weight is 171 g/mol. The zero-order chi connectivity index (χ0) is 8.55. The Morgan fingerprint density at radius 3 is 2.92 bits per heavy atom. The van der Waals surface area contributed by atoms with Crippen LogP contribution < -0.4 is 0 Å². The molecule has 2 heterocycles. The summed E-state index contributed by atoms with van der Waals surface area (Å²) in [7, 11) is 0. The van der Waals surface area contributed by atoms with E-state index in [1.807, 2.05) is 0 Å². The van der Waals surface area contributed by atoms with Crippen molar-refractivity contribution in [2.24, 2.45) is 0 Å². The minimum absolute atomic E-state index is 0. The Hall–Kier alpha value is -1.38. The van der Waals surface area contributed by atoms with Gasteiger partial charge in [-0.1, -0.05) is 0 Å². The van der Waals surface area contributed by atoms with Gasteiger partial charge >= 0.3 is 5.97 Å². The maximum Gasteiger partial charge on any atom is 0.374 e. The first-order valence-corrected chi connectivity index (χ1v) is 3.17. The molecule has 0 aliphatic carbocycles. The van der Waals surface area contributed by atoms with Gasteiger partial charge in [-0.15, -0.1) is 10.2 Å². The van der Waals surface area contributed by atoms with E-state index >= 15 is 0 Å². The minimum atomic E-state index is -1.10. The monoisotopic (exact) mass is 171 g/mol. The van der Waals surface area contributed by atoms with Crippen molar-refractivity contribution in [3.8, 4) is 0 Å². The number of aromatic nitrogens is 4. The molecule has 1 N–H and O–H groups in total. The molecule has 2 aromatic rings. The molecule has 61 valence electrons. The number of carboxylic acids is 1. The van der Waals surface area contributed by atoms with E-state index in [-0.39, 0.29) is 24.7 Å². The van der Waals surface area contributed by atoms with E-state index in [4.69, 9.17) is 5.11 Å². The van der Waals surface area contributed by atoms with Gasteiger partial charge in [-0.2, -0.15) is 0 Å². The quantitative estimate of drug-likeness (QED) is 0.581. The van der Waals surface area contributed by atoms with E-state index in [0.29, 0.717) is 5.65 Å². The van der Waals surface area contributed by atoms with Crippen molar-refractivity contribution < 1.29 is 9.90 Å². The molecule has 2 rings (SSSR count). The van der Waals surface area contributed by atoms with Crippen molar-refractivity contribution in [2.75, 3.05) is 0 Å². The van der Waals surface area contributed by atoms with Crippen LogP contribution in [0.5, 0.6) is 0 Å². The Balaban J connectivity index is 0.000000845. The van der Waals surface area contributed by atoms with Crippen molar-refractivity contribution >= 4 is 30.5 Å². The van der Waals surface area contributed by atoms with Crippen LogP contribution in [0.25, 0.3) is 5.65 Å². The fourth-order valence-corrected chi connectivity index (χ4v) is 0.899. The van der Waals surface area contributed by atoms with E-state index in [9.17, 15) is 4.79 Å². The second kappa shape index (κ2) is 3.56. The first-order valence-electron chi connectivity index (χ1n) is 3.17. The number of fused-ring (bicyclic) bond motifs is 1. The van der Waals surface area contributed by atoms with Gasteiger partial charge in [-0.3, -0.25) is 9.38 Å². The zero-order valence-electron chi connectivity index (χ0n) is 6.88. The Labute approximate surface area is 84.8 Å². The molecule has 0 amide bonds. The topological polar surface area (TPSA) is 80.4 Å². The number of rotatable bonds is 1. The van der Waals surface area contributed by atoms with Gasteiger partial charge in [0.15, 0.2) is 5.65 Å². The standard InChI is InChI=1S/C6H4N4O2.Li/c11-6(12)5-9-8-4-3-7-1-2-10(4)5;/h1-3H,(H,11,12);. The molecule has 2 aromatic heterocycles. The van der Waals surface area contributed by atoms with Crippen LogP contribution in [0, 0.1) is 0 Å². The van der Waals surface area contributed by atoms with E-state index in [2.05, 4.69) is 15.2 Å².